The van der Waals surface area contributed by atoms with Gasteiger partial charge in [0.2, 0.25) is 0 Å². The predicted octanol–water partition coefficient (Wildman–Crippen LogP) is 13.2. The van der Waals surface area contributed by atoms with E-state index in [9.17, 15) is 14.7 Å². The van der Waals surface area contributed by atoms with E-state index < -0.39 is 0 Å². The van der Waals surface area contributed by atoms with Gasteiger partial charge in [-0.1, -0.05) is 175 Å². The van der Waals surface area contributed by atoms with E-state index in [0.29, 0.717) is 19.6 Å². The minimum absolute atomic E-state index is 0.0216. The van der Waals surface area contributed by atoms with Crippen LogP contribution < -0.4 is 5.32 Å². The fraction of sp³-hybridized carbons (Fsp3) is 0.957. The summed E-state index contributed by atoms with van der Waals surface area (Å²) in [7, 11) is 0. The van der Waals surface area contributed by atoms with E-state index in [1.165, 1.54) is 154 Å². The molecule has 0 radical (unpaired) electrons. The van der Waals surface area contributed by atoms with Crippen molar-refractivity contribution in [1.29, 1.82) is 0 Å². The molecule has 7 nitrogen and oxygen atoms in total. The first kappa shape index (κ1) is 51.7. The van der Waals surface area contributed by atoms with Crippen LogP contribution in [0.4, 0.5) is 4.79 Å². The summed E-state index contributed by atoms with van der Waals surface area (Å²) in [5, 5.41) is 12.6. The molecule has 53 heavy (non-hydrogen) atoms. The summed E-state index contributed by atoms with van der Waals surface area (Å²) in [6.45, 7) is 11.1. The third-order valence-corrected chi connectivity index (χ3v) is 10.7. The molecule has 7 heteroatoms. The van der Waals surface area contributed by atoms with Gasteiger partial charge in [0.1, 0.15) is 6.10 Å². The molecule has 1 unspecified atom stereocenters. The van der Waals surface area contributed by atoms with Gasteiger partial charge >= 0.3 is 12.1 Å². The van der Waals surface area contributed by atoms with Gasteiger partial charge in [0.25, 0.3) is 0 Å². The summed E-state index contributed by atoms with van der Waals surface area (Å²) in [5.74, 6) is -0.0216. The number of carbonyl (C=O) groups excluding carboxylic acids is 2. The highest BCUT2D eigenvalue weighted by Crippen LogP contribution is 2.17. The first-order valence-corrected chi connectivity index (χ1v) is 23.5. The van der Waals surface area contributed by atoms with E-state index in [4.69, 9.17) is 9.47 Å². The number of alkyl carbamates (subject to hydrolysis) is 1. The minimum atomic E-state index is -0.220. The van der Waals surface area contributed by atoms with Gasteiger partial charge in [-0.2, -0.15) is 0 Å². The Morgan fingerprint density at radius 3 is 1.43 bits per heavy atom. The number of ether oxygens (including phenoxy) is 2. The molecule has 1 atom stereocenters. The molecule has 0 fully saturated rings. The van der Waals surface area contributed by atoms with Gasteiger partial charge in [0.05, 0.1) is 13.2 Å². The highest BCUT2D eigenvalue weighted by atomic mass is 16.6. The van der Waals surface area contributed by atoms with Crippen LogP contribution in [0.25, 0.3) is 0 Å². The van der Waals surface area contributed by atoms with Gasteiger partial charge in [0.15, 0.2) is 0 Å². The number of aliphatic hydroxyl groups is 1. The third kappa shape index (κ3) is 40.1. The quantitative estimate of drug-likeness (QED) is 0.0476. The number of hydrogen-bond acceptors (Lipinski definition) is 6. The molecule has 0 rings (SSSR count). The molecular weight excluding hydrogens is 661 g/mol. The fourth-order valence-electron chi connectivity index (χ4n) is 7.22. The van der Waals surface area contributed by atoms with Gasteiger partial charge in [-0.15, -0.1) is 0 Å². The maximum absolute atomic E-state index is 12.6. The molecule has 0 saturated heterocycles. The zero-order valence-electron chi connectivity index (χ0n) is 35.9. The van der Waals surface area contributed by atoms with E-state index >= 15 is 0 Å². The average molecular weight is 753 g/mol. The van der Waals surface area contributed by atoms with Gasteiger partial charge in [-0.05, 0) is 70.9 Å². The van der Waals surface area contributed by atoms with E-state index in [1.807, 2.05) is 0 Å². The smallest absolute Gasteiger partial charge is 0.407 e. The van der Waals surface area contributed by atoms with Crippen molar-refractivity contribution < 1.29 is 24.2 Å². The molecule has 0 aliphatic rings. The molecule has 2 N–H and O–H groups in total. The number of nitrogens with zero attached hydrogens (tertiary/aromatic N) is 1. The van der Waals surface area contributed by atoms with Crippen molar-refractivity contribution in [2.75, 3.05) is 39.4 Å². The minimum Gasteiger partial charge on any atom is -0.466 e. The van der Waals surface area contributed by atoms with Crippen LogP contribution in [-0.4, -0.2) is 67.6 Å². The molecule has 0 aliphatic carbocycles. The molecule has 0 saturated carbocycles. The lowest BCUT2D eigenvalue weighted by Gasteiger charge is -2.21. The molecule has 0 aromatic heterocycles. The number of aliphatic hydroxyl groups excluding tert-OH is 1. The Hall–Kier alpha value is -1.34. The van der Waals surface area contributed by atoms with Gasteiger partial charge in [-0.25, -0.2) is 4.79 Å². The molecule has 0 spiro atoms. The zero-order valence-corrected chi connectivity index (χ0v) is 35.9. The van der Waals surface area contributed by atoms with E-state index in [0.717, 1.165) is 77.4 Å². The molecule has 316 valence electrons. The maximum atomic E-state index is 12.6. The second-order valence-corrected chi connectivity index (χ2v) is 16.0. The Bertz CT molecular complexity index is 751. The molecule has 0 aromatic carbocycles. The number of rotatable bonds is 43. The molecule has 0 aliphatic heterocycles. The lowest BCUT2D eigenvalue weighted by molar-refractivity contribution is -0.143. The Morgan fingerprint density at radius 2 is 0.925 bits per heavy atom. The number of hydrogen-bond donors (Lipinski definition) is 2. The van der Waals surface area contributed by atoms with Crippen LogP contribution in [-0.2, 0) is 14.3 Å². The lowest BCUT2D eigenvalue weighted by atomic mass is 10.0. The van der Waals surface area contributed by atoms with Crippen LogP contribution in [0.5, 0.6) is 0 Å². The lowest BCUT2D eigenvalue weighted by Crippen LogP contribution is -2.30. The van der Waals surface area contributed by atoms with E-state index in [1.54, 1.807) is 0 Å². The summed E-state index contributed by atoms with van der Waals surface area (Å²) in [5.41, 5.74) is 0. The summed E-state index contributed by atoms with van der Waals surface area (Å²) >= 11 is 0. The number of esters is 1. The molecule has 0 heterocycles. The first-order chi connectivity index (χ1) is 26.1. The monoisotopic (exact) mass is 753 g/mol. The van der Waals surface area contributed by atoms with Crippen LogP contribution in [0.3, 0.4) is 0 Å². The first-order valence-electron chi connectivity index (χ1n) is 23.5. The van der Waals surface area contributed by atoms with Crippen molar-refractivity contribution in [3.63, 3.8) is 0 Å². The standard InChI is InChI=1S/C46H92N2O5/c1-4-7-10-13-15-16-17-22-29-36-44(35-28-12-9-6-3)53-46(51)47-38-31-24-18-19-25-32-39-48(41-42-49)40-33-26-20-21-27-34-43-52-45(50)37-30-23-14-11-8-5-2/h44,49H,4-43H2,1-3H3,(H,47,51). The summed E-state index contributed by atoms with van der Waals surface area (Å²) in [6, 6.07) is 0. The third-order valence-electron chi connectivity index (χ3n) is 10.7. The molecule has 0 bridgehead atoms. The van der Waals surface area contributed by atoms with Crippen LogP contribution in [0.1, 0.15) is 239 Å². The van der Waals surface area contributed by atoms with Crippen LogP contribution in [0.2, 0.25) is 0 Å². The molecule has 0 aromatic rings. The fourth-order valence-corrected chi connectivity index (χ4v) is 7.22. The van der Waals surface area contributed by atoms with Crippen molar-refractivity contribution in [1.82, 2.24) is 10.2 Å². The number of carbonyl (C=O) groups is 2. The zero-order chi connectivity index (χ0) is 38.7. The largest absolute Gasteiger partial charge is 0.466 e. The summed E-state index contributed by atoms with van der Waals surface area (Å²) < 4.78 is 11.3. The highest BCUT2D eigenvalue weighted by Gasteiger charge is 2.14. The SMILES string of the molecule is CCCCCCCCCCCC(CCCCCC)OC(=O)NCCCCCCCCN(CCO)CCCCCCCCOC(=O)CCCCCCCC. The average Bonchev–Trinajstić information content (AvgIpc) is 3.15. The van der Waals surface area contributed by atoms with Crippen molar-refractivity contribution in [2.45, 2.75) is 245 Å². The Kier molecular flexibility index (Phi) is 42.3. The number of amides is 1. The van der Waals surface area contributed by atoms with Crippen LogP contribution in [0.15, 0.2) is 0 Å². The van der Waals surface area contributed by atoms with Gasteiger partial charge < -0.3 is 24.8 Å². The maximum Gasteiger partial charge on any atom is 0.407 e. The molecule has 1 amide bonds. The van der Waals surface area contributed by atoms with Gasteiger partial charge in [0, 0.05) is 19.5 Å². The topological polar surface area (TPSA) is 88.1 Å². The second-order valence-electron chi connectivity index (χ2n) is 16.0. The Labute approximate surface area is 330 Å². The van der Waals surface area contributed by atoms with Crippen molar-refractivity contribution in [3.8, 4) is 0 Å². The van der Waals surface area contributed by atoms with Crippen LogP contribution >= 0.6 is 0 Å². The number of nitrogens with one attached hydrogen (secondary N) is 1. The predicted molar refractivity (Wildman–Crippen MR) is 227 cm³/mol. The Morgan fingerprint density at radius 1 is 0.509 bits per heavy atom. The summed E-state index contributed by atoms with van der Waals surface area (Å²) in [4.78, 5) is 26.9. The summed E-state index contributed by atoms with van der Waals surface area (Å²) in [6.07, 6.45) is 40.3. The number of unbranched alkanes of at least 4 members (excludes halogenated alkanes) is 26. The van der Waals surface area contributed by atoms with E-state index in [2.05, 4.69) is 31.0 Å². The van der Waals surface area contributed by atoms with Crippen LogP contribution in [0, 0.1) is 0 Å². The van der Waals surface area contributed by atoms with Gasteiger partial charge in [-0.3, -0.25) is 4.79 Å². The van der Waals surface area contributed by atoms with Crippen molar-refractivity contribution >= 4 is 12.1 Å². The van der Waals surface area contributed by atoms with Crippen molar-refractivity contribution in [2.24, 2.45) is 0 Å². The Balaban J connectivity index is 3.84. The van der Waals surface area contributed by atoms with E-state index in [-0.39, 0.29) is 24.8 Å². The normalized spacial score (nSPS) is 12.0. The molecular formula is C46H92N2O5. The second kappa shape index (κ2) is 43.4. The highest BCUT2D eigenvalue weighted by molar-refractivity contribution is 5.69. The van der Waals surface area contributed by atoms with Crippen molar-refractivity contribution in [3.05, 3.63) is 0 Å².